The van der Waals surface area contributed by atoms with Crippen LogP contribution in [0.2, 0.25) is 0 Å². The van der Waals surface area contributed by atoms with Crippen LogP contribution in [0.5, 0.6) is 5.75 Å². The van der Waals surface area contributed by atoms with Gasteiger partial charge in [0.1, 0.15) is 18.2 Å². The molecule has 3 aromatic carbocycles. The van der Waals surface area contributed by atoms with Crippen molar-refractivity contribution in [2.75, 3.05) is 19.7 Å². The van der Waals surface area contributed by atoms with E-state index in [0.29, 0.717) is 38.2 Å². The van der Waals surface area contributed by atoms with Gasteiger partial charge >= 0.3 is 6.03 Å². The molecule has 0 saturated carbocycles. The Morgan fingerprint density at radius 2 is 1.87 bits per heavy atom. The number of aliphatic hydroxyl groups is 1. The second-order valence-corrected chi connectivity index (χ2v) is 9.99. The summed E-state index contributed by atoms with van der Waals surface area (Å²) in [6.45, 7) is 3.30. The number of aromatic amines is 1. The van der Waals surface area contributed by atoms with Gasteiger partial charge in [0, 0.05) is 12.1 Å². The van der Waals surface area contributed by atoms with E-state index < -0.39 is 23.8 Å². The van der Waals surface area contributed by atoms with Crippen LogP contribution in [0.1, 0.15) is 35.8 Å². The molecule has 0 spiro atoms. The van der Waals surface area contributed by atoms with Gasteiger partial charge in [-0.2, -0.15) is 0 Å². The van der Waals surface area contributed by atoms with Crippen molar-refractivity contribution in [3.05, 3.63) is 83.2 Å². The molecule has 9 heteroatoms. The summed E-state index contributed by atoms with van der Waals surface area (Å²) in [7, 11) is 0. The van der Waals surface area contributed by atoms with Crippen molar-refractivity contribution >= 4 is 17.1 Å². The number of benzene rings is 3. The number of aromatic nitrogens is 2. The van der Waals surface area contributed by atoms with Crippen molar-refractivity contribution in [2.24, 2.45) is 0 Å². The Kier molecular flexibility index (Phi) is 6.23. The summed E-state index contributed by atoms with van der Waals surface area (Å²) in [5.74, 6) is -0.327. The zero-order chi connectivity index (χ0) is 26.4. The van der Waals surface area contributed by atoms with Gasteiger partial charge in [-0.15, -0.1) is 0 Å². The van der Waals surface area contributed by atoms with E-state index in [4.69, 9.17) is 4.74 Å². The Balaban J connectivity index is 1.28. The number of fused-ring (bicyclic) bond motifs is 2. The standard InChI is InChI=1S/C29H28F2N4O3/c1-17-32-25-6-3-19(14-26(25)33-17)18-4-7-28-21(12-18)16-34(10-11-38-28)29(37)35-9-8-22(36)15-27(35)20-2-5-23(30)24(31)13-20/h2-7,12-14,22,27,36H,8-11,15-16H2,1H3,(H,32,33)/t22-,27+/m0/s1. The van der Waals surface area contributed by atoms with E-state index in [1.54, 1.807) is 9.80 Å². The molecule has 2 amide bonds. The summed E-state index contributed by atoms with van der Waals surface area (Å²) in [5.41, 5.74) is 5.23. The van der Waals surface area contributed by atoms with E-state index in [1.165, 1.54) is 6.07 Å². The zero-order valence-corrected chi connectivity index (χ0v) is 21.0. The number of carbonyl (C=O) groups is 1. The summed E-state index contributed by atoms with van der Waals surface area (Å²) in [6, 6.07) is 14.9. The maximum Gasteiger partial charge on any atom is 0.320 e. The zero-order valence-electron chi connectivity index (χ0n) is 21.0. The lowest BCUT2D eigenvalue weighted by atomic mass is 9.93. The van der Waals surface area contributed by atoms with Gasteiger partial charge in [0.2, 0.25) is 0 Å². The number of piperidine rings is 1. The number of nitrogens with one attached hydrogen (secondary N) is 1. The Morgan fingerprint density at radius 1 is 1.05 bits per heavy atom. The Bertz CT molecular complexity index is 1520. The molecule has 0 bridgehead atoms. The van der Waals surface area contributed by atoms with Gasteiger partial charge < -0.3 is 24.6 Å². The van der Waals surface area contributed by atoms with Crippen LogP contribution in [-0.2, 0) is 6.54 Å². The Hall–Kier alpha value is -3.98. The Labute approximate surface area is 218 Å². The fourth-order valence-electron chi connectivity index (χ4n) is 5.45. The van der Waals surface area contributed by atoms with E-state index in [2.05, 4.69) is 16.0 Å². The molecule has 0 unspecified atom stereocenters. The first kappa shape index (κ1) is 24.4. The molecule has 196 valence electrons. The lowest BCUT2D eigenvalue weighted by Crippen LogP contribution is -2.49. The average Bonchev–Trinajstić information content (AvgIpc) is 3.15. The number of H-pyrrole nitrogens is 1. The molecular weight excluding hydrogens is 490 g/mol. The topological polar surface area (TPSA) is 81.7 Å². The molecule has 2 aliphatic rings. The first-order valence-corrected chi connectivity index (χ1v) is 12.8. The predicted octanol–water partition coefficient (Wildman–Crippen LogP) is 5.33. The van der Waals surface area contributed by atoms with Gasteiger partial charge in [-0.1, -0.05) is 18.2 Å². The number of likely N-dealkylation sites (tertiary alicyclic amines) is 1. The van der Waals surface area contributed by atoms with Crippen LogP contribution in [0, 0.1) is 18.6 Å². The summed E-state index contributed by atoms with van der Waals surface area (Å²) < 4.78 is 33.6. The number of halogens is 2. The number of hydrogen-bond acceptors (Lipinski definition) is 4. The number of rotatable bonds is 2. The predicted molar refractivity (Wildman–Crippen MR) is 139 cm³/mol. The largest absolute Gasteiger partial charge is 0.491 e. The third-order valence-corrected chi connectivity index (χ3v) is 7.39. The van der Waals surface area contributed by atoms with Crippen molar-refractivity contribution < 1.29 is 23.4 Å². The summed E-state index contributed by atoms with van der Waals surface area (Å²) in [4.78, 5) is 24.9. The van der Waals surface area contributed by atoms with Crippen molar-refractivity contribution in [3.8, 4) is 16.9 Å². The highest BCUT2D eigenvalue weighted by Crippen LogP contribution is 2.35. The van der Waals surface area contributed by atoms with Crippen LogP contribution < -0.4 is 4.74 Å². The molecule has 1 saturated heterocycles. The minimum atomic E-state index is -0.969. The van der Waals surface area contributed by atoms with Crippen molar-refractivity contribution in [3.63, 3.8) is 0 Å². The molecular formula is C29H28F2N4O3. The van der Waals surface area contributed by atoms with Gasteiger partial charge in [-0.25, -0.2) is 18.6 Å². The van der Waals surface area contributed by atoms with Gasteiger partial charge in [-0.3, -0.25) is 0 Å². The molecule has 3 heterocycles. The summed E-state index contributed by atoms with van der Waals surface area (Å²) >= 11 is 0. The summed E-state index contributed by atoms with van der Waals surface area (Å²) in [6.07, 6.45) is 0.0631. The van der Waals surface area contributed by atoms with E-state index >= 15 is 0 Å². The fourth-order valence-corrected chi connectivity index (χ4v) is 5.45. The molecule has 4 aromatic rings. The van der Waals surface area contributed by atoms with Gasteiger partial charge in [-0.05, 0) is 72.9 Å². The molecule has 1 fully saturated rings. The molecule has 38 heavy (non-hydrogen) atoms. The normalized spacial score (nSPS) is 19.7. The van der Waals surface area contributed by atoms with Crippen LogP contribution in [0.25, 0.3) is 22.2 Å². The lowest BCUT2D eigenvalue weighted by molar-refractivity contribution is 0.0455. The van der Waals surface area contributed by atoms with Crippen LogP contribution in [-0.4, -0.2) is 56.7 Å². The number of aliphatic hydroxyl groups excluding tert-OH is 1. The third-order valence-electron chi connectivity index (χ3n) is 7.39. The van der Waals surface area contributed by atoms with E-state index in [9.17, 15) is 18.7 Å². The number of urea groups is 1. The fraction of sp³-hybridized carbons (Fsp3) is 0.310. The lowest BCUT2D eigenvalue weighted by Gasteiger charge is -2.40. The van der Waals surface area contributed by atoms with Crippen LogP contribution in [0.3, 0.4) is 0 Å². The molecule has 2 atom stereocenters. The van der Waals surface area contributed by atoms with Crippen LogP contribution >= 0.6 is 0 Å². The monoisotopic (exact) mass is 518 g/mol. The number of carbonyl (C=O) groups excluding carboxylic acids is 1. The van der Waals surface area contributed by atoms with E-state index in [0.717, 1.165) is 51.4 Å². The number of hydrogen-bond donors (Lipinski definition) is 2. The van der Waals surface area contributed by atoms with E-state index in [1.807, 2.05) is 37.3 Å². The highest BCUT2D eigenvalue weighted by molar-refractivity contribution is 5.82. The number of amides is 2. The second-order valence-electron chi connectivity index (χ2n) is 9.99. The first-order valence-electron chi connectivity index (χ1n) is 12.8. The van der Waals surface area contributed by atoms with Crippen molar-refractivity contribution in [1.29, 1.82) is 0 Å². The molecule has 6 rings (SSSR count). The number of ether oxygens (including phenoxy) is 1. The highest BCUT2D eigenvalue weighted by Gasteiger charge is 2.35. The SMILES string of the molecule is Cc1nc2ccc(-c3ccc4c(c3)CN(C(=O)N3CC[C@H](O)C[C@@H]3c3ccc(F)c(F)c3)CCO4)cc2[nH]1. The van der Waals surface area contributed by atoms with Crippen LogP contribution in [0.15, 0.2) is 54.6 Å². The Morgan fingerprint density at radius 3 is 2.71 bits per heavy atom. The second kappa shape index (κ2) is 9.72. The molecule has 0 radical (unpaired) electrons. The number of nitrogens with zero attached hydrogens (tertiary/aromatic N) is 3. The maximum absolute atomic E-state index is 14.0. The molecule has 2 N–H and O–H groups in total. The highest BCUT2D eigenvalue weighted by atomic mass is 19.2. The molecule has 7 nitrogen and oxygen atoms in total. The molecule has 2 aliphatic heterocycles. The minimum Gasteiger partial charge on any atom is -0.491 e. The summed E-state index contributed by atoms with van der Waals surface area (Å²) in [5, 5.41) is 10.3. The maximum atomic E-state index is 14.0. The number of imidazole rings is 1. The van der Waals surface area contributed by atoms with Gasteiger partial charge in [0.05, 0.1) is 36.3 Å². The molecule has 0 aliphatic carbocycles. The molecule has 1 aromatic heterocycles. The quantitative estimate of drug-likeness (QED) is 0.376. The number of aryl methyl sites for hydroxylation is 1. The minimum absolute atomic E-state index is 0.220. The first-order chi connectivity index (χ1) is 18.4. The van der Waals surface area contributed by atoms with Crippen molar-refractivity contribution in [1.82, 2.24) is 19.8 Å². The van der Waals surface area contributed by atoms with Crippen molar-refractivity contribution in [2.45, 2.75) is 38.5 Å². The van der Waals surface area contributed by atoms with Gasteiger partial charge in [0.15, 0.2) is 11.6 Å². The smallest absolute Gasteiger partial charge is 0.320 e. The van der Waals surface area contributed by atoms with E-state index in [-0.39, 0.29) is 12.5 Å². The van der Waals surface area contributed by atoms with Gasteiger partial charge in [0.25, 0.3) is 0 Å². The average molecular weight is 519 g/mol. The third kappa shape index (κ3) is 4.58. The van der Waals surface area contributed by atoms with Crippen LogP contribution in [0.4, 0.5) is 13.6 Å².